The summed E-state index contributed by atoms with van der Waals surface area (Å²) in [4.78, 5) is 0. The maximum Gasteiger partial charge on any atom is 1.00 e. The van der Waals surface area contributed by atoms with Crippen LogP contribution in [-0.2, 0) is 0 Å². The summed E-state index contributed by atoms with van der Waals surface area (Å²) < 4.78 is 0. The molecule has 0 N–H and O–H groups in total. The smallest absolute Gasteiger partial charge is 0.662 e. The molecule has 0 atom stereocenters. The summed E-state index contributed by atoms with van der Waals surface area (Å²) in [5, 5.41) is 4.09. The molecule has 0 unspecified atom stereocenters. The van der Waals surface area contributed by atoms with Crippen LogP contribution in [0.15, 0.2) is 0 Å². The third-order valence-corrected chi connectivity index (χ3v) is 0.605. The number of hydrogen-bond donors (Lipinski definition) is 0. The van der Waals surface area contributed by atoms with Crippen molar-refractivity contribution in [2.24, 2.45) is 0 Å². The molecule has 0 aliphatic carbocycles. The van der Waals surface area contributed by atoms with Crippen molar-refractivity contribution in [3.8, 4) is 0 Å². The molecule has 0 fully saturated rings. The fraction of sp³-hybridized carbons (Fsp3) is 1.00. The molecule has 0 aromatic heterocycles. The molecule has 38 valence electrons. The van der Waals surface area contributed by atoms with Crippen LogP contribution >= 0.6 is 0 Å². The minimum Gasteiger partial charge on any atom is -0.662 e. The van der Waals surface area contributed by atoms with Gasteiger partial charge >= 0.3 is 51.4 Å². The number of nitrogens with zero attached hydrogens (tertiary/aromatic N) is 1. The fourth-order valence-electron chi connectivity index (χ4n) is 0.316. The molecule has 7 heavy (non-hydrogen) atoms. The van der Waals surface area contributed by atoms with Crippen LogP contribution in [-0.4, -0.2) is 13.1 Å². The van der Waals surface area contributed by atoms with Crippen LogP contribution in [0.25, 0.3) is 5.32 Å². The molecule has 0 saturated carbocycles. The van der Waals surface area contributed by atoms with Gasteiger partial charge in [-0.2, -0.15) is 6.54 Å². The van der Waals surface area contributed by atoms with E-state index in [0.717, 1.165) is 13.1 Å². The Kier molecular flexibility index (Phi) is 17.2. The summed E-state index contributed by atoms with van der Waals surface area (Å²) in [6.07, 6.45) is 1.19. The van der Waals surface area contributed by atoms with Crippen molar-refractivity contribution in [3.05, 3.63) is 5.32 Å². The Morgan fingerprint density at radius 2 is 1.86 bits per heavy atom. The van der Waals surface area contributed by atoms with E-state index < -0.39 is 0 Å². The van der Waals surface area contributed by atoms with Crippen LogP contribution in [0.1, 0.15) is 20.3 Å². The molecule has 0 aliphatic heterocycles. The second-order valence-corrected chi connectivity index (χ2v) is 1.26. The van der Waals surface area contributed by atoms with E-state index in [9.17, 15) is 0 Å². The summed E-state index contributed by atoms with van der Waals surface area (Å²) >= 11 is 0. The SMILES string of the molecule is CCC[N-]CC.[K+]. The molecule has 0 amide bonds. The predicted octanol–water partition coefficient (Wildman–Crippen LogP) is -1.21. The third-order valence-electron chi connectivity index (χ3n) is 0.605. The van der Waals surface area contributed by atoms with Gasteiger partial charge in [-0.3, -0.25) is 0 Å². The van der Waals surface area contributed by atoms with Crippen molar-refractivity contribution < 1.29 is 51.4 Å². The van der Waals surface area contributed by atoms with Crippen LogP contribution in [0, 0.1) is 0 Å². The van der Waals surface area contributed by atoms with Gasteiger partial charge in [0.15, 0.2) is 0 Å². The van der Waals surface area contributed by atoms with E-state index in [2.05, 4.69) is 19.2 Å². The third kappa shape index (κ3) is 11.3. The van der Waals surface area contributed by atoms with Gasteiger partial charge in [-0.05, 0) is 0 Å². The van der Waals surface area contributed by atoms with E-state index in [1.807, 2.05) is 0 Å². The quantitative estimate of drug-likeness (QED) is 0.332. The van der Waals surface area contributed by atoms with E-state index in [0.29, 0.717) is 0 Å². The molecule has 0 bridgehead atoms. The summed E-state index contributed by atoms with van der Waals surface area (Å²) in [5.41, 5.74) is 0. The largest absolute Gasteiger partial charge is 1.00 e. The summed E-state index contributed by atoms with van der Waals surface area (Å²) in [5.74, 6) is 0. The van der Waals surface area contributed by atoms with Gasteiger partial charge in [0.2, 0.25) is 0 Å². The Labute approximate surface area is 88.7 Å². The Morgan fingerprint density at radius 1 is 1.29 bits per heavy atom. The summed E-state index contributed by atoms with van der Waals surface area (Å²) in [6.45, 7) is 6.22. The van der Waals surface area contributed by atoms with E-state index in [-0.39, 0.29) is 51.4 Å². The zero-order valence-corrected chi connectivity index (χ0v) is 8.69. The van der Waals surface area contributed by atoms with Gasteiger partial charge in [0.1, 0.15) is 0 Å². The second-order valence-electron chi connectivity index (χ2n) is 1.26. The standard InChI is InChI=1S/C5H12N.K/c1-3-5-6-4-2;/h3-5H2,1-2H3;/q-1;+1. The van der Waals surface area contributed by atoms with Crippen LogP contribution in [0.2, 0.25) is 0 Å². The molecule has 0 heterocycles. The first-order valence-corrected chi connectivity index (χ1v) is 2.55. The minimum atomic E-state index is 0. The average molecular weight is 125 g/mol. The zero-order chi connectivity index (χ0) is 4.83. The monoisotopic (exact) mass is 125 g/mol. The van der Waals surface area contributed by atoms with E-state index in [1.54, 1.807) is 0 Å². The van der Waals surface area contributed by atoms with Gasteiger partial charge in [0, 0.05) is 0 Å². The van der Waals surface area contributed by atoms with Crippen LogP contribution < -0.4 is 51.4 Å². The summed E-state index contributed by atoms with van der Waals surface area (Å²) in [7, 11) is 0. The number of rotatable bonds is 3. The van der Waals surface area contributed by atoms with Crippen LogP contribution in [0.4, 0.5) is 0 Å². The summed E-state index contributed by atoms with van der Waals surface area (Å²) in [6, 6.07) is 0. The molecule has 1 nitrogen and oxygen atoms in total. The van der Waals surface area contributed by atoms with Crippen molar-refractivity contribution in [3.63, 3.8) is 0 Å². The molecule has 0 aliphatic rings. The van der Waals surface area contributed by atoms with E-state index in [4.69, 9.17) is 0 Å². The molecule has 0 radical (unpaired) electrons. The van der Waals surface area contributed by atoms with Crippen molar-refractivity contribution in [2.45, 2.75) is 20.3 Å². The zero-order valence-electron chi connectivity index (χ0n) is 5.57. The Bertz CT molecular complexity index is 20.0. The Balaban J connectivity index is 0. The first-order chi connectivity index (χ1) is 2.91. The van der Waals surface area contributed by atoms with Gasteiger partial charge < -0.3 is 5.32 Å². The maximum atomic E-state index is 4.09. The van der Waals surface area contributed by atoms with Crippen molar-refractivity contribution >= 4 is 0 Å². The molecule has 0 saturated heterocycles. The topological polar surface area (TPSA) is 14.1 Å². The van der Waals surface area contributed by atoms with Gasteiger partial charge in [-0.1, -0.05) is 20.3 Å². The predicted molar refractivity (Wildman–Crippen MR) is 29.1 cm³/mol. The van der Waals surface area contributed by atoms with Gasteiger partial charge in [-0.15, -0.1) is 6.54 Å². The average Bonchev–Trinajstić information content (AvgIpc) is 1.61. The Morgan fingerprint density at radius 3 is 2.00 bits per heavy atom. The van der Waals surface area contributed by atoms with Crippen molar-refractivity contribution in [1.82, 2.24) is 0 Å². The van der Waals surface area contributed by atoms with Crippen LogP contribution in [0.3, 0.4) is 0 Å². The molecule has 0 aromatic carbocycles. The second kappa shape index (κ2) is 10.6. The maximum absolute atomic E-state index is 4.09. The molecule has 0 spiro atoms. The first-order valence-electron chi connectivity index (χ1n) is 2.55. The normalized spacial score (nSPS) is 7.71. The molecule has 0 aromatic rings. The first kappa shape index (κ1) is 11.4. The number of hydrogen-bond acceptors (Lipinski definition) is 0. The molecular weight excluding hydrogens is 113 g/mol. The molecule has 2 heteroatoms. The van der Waals surface area contributed by atoms with Gasteiger partial charge in [-0.25, -0.2) is 0 Å². The minimum absolute atomic E-state index is 0. The van der Waals surface area contributed by atoms with Crippen molar-refractivity contribution in [1.29, 1.82) is 0 Å². The van der Waals surface area contributed by atoms with E-state index in [1.165, 1.54) is 6.42 Å². The van der Waals surface area contributed by atoms with Crippen LogP contribution in [0.5, 0.6) is 0 Å². The fourth-order valence-corrected chi connectivity index (χ4v) is 0.316. The van der Waals surface area contributed by atoms with Crippen molar-refractivity contribution in [2.75, 3.05) is 13.1 Å². The molecular formula is C5H12KN. The Hall–Kier alpha value is 1.60. The van der Waals surface area contributed by atoms with Gasteiger partial charge in [0.25, 0.3) is 0 Å². The molecule has 0 rings (SSSR count). The van der Waals surface area contributed by atoms with E-state index >= 15 is 0 Å². The van der Waals surface area contributed by atoms with Gasteiger partial charge in [0.05, 0.1) is 0 Å².